The molecular weight excluding hydrogens is 376 g/mol. The van der Waals surface area contributed by atoms with Crippen LogP contribution in [0, 0.1) is 10.1 Å². The predicted octanol–water partition coefficient (Wildman–Crippen LogP) is 3.03. The Morgan fingerprint density at radius 1 is 1.50 bits per heavy atom. The molecule has 1 N–H and O–H groups in total. The maximum atomic E-state index is 11.9. The van der Waals surface area contributed by atoms with Crippen molar-refractivity contribution in [3.63, 3.8) is 0 Å². The number of nitro groups is 1. The van der Waals surface area contributed by atoms with E-state index in [-0.39, 0.29) is 17.3 Å². The zero-order valence-corrected chi connectivity index (χ0v) is 13.8. The molecule has 0 aliphatic carbocycles. The van der Waals surface area contributed by atoms with Crippen LogP contribution in [0.25, 0.3) is 0 Å². The molecule has 0 radical (unpaired) electrons. The molecule has 0 aliphatic rings. The van der Waals surface area contributed by atoms with Gasteiger partial charge in [-0.2, -0.15) is 0 Å². The molecule has 0 aliphatic heterocycles. The summed E-state index contributed by atoms with van der Waals surface area (Å²) in [4.78, 5) is 22.0. The van der Waals surface area contributed by atoms with Crippen LogP contribution >= 0.6 is 27.7 Å². The van der Waals surface area contributed by atoms with Crippen molar-refractivity contribution >= 4 is 45.0 Å². The van der Waals surface area contributed by atoms with Gasteiger partial charge < -0.3 is 9.73 Å². The van der Waals surface area contributed by atoms with Crippen molar-refractivity contribution in [1.29, 1.82) is 0 Å². The maximum Gasteiger partial charge on any atom is 0.277 e. The smallest absolute Gasteiger partial charge is 0.277 e. The summed E-state index contributed by atoms with van der Waals surface area (Å²) in [5.74, 6) is 0.325. The average Bonchev–Trinajstić information content (AvgIpc) is 2.95. The van der Waals surface area contributed by atoms with E-state index in [2.05, 4.69) is 31.4 Å². The van der Waals surface area contributed by atoms with Crippen molar-refractivity contribution < 1.29 is 14.1 Å². The van der Waals surface area contributed by atoms with Gasteiger partial charge in [0.05, 0.1) is 16.4 Å². The van der Waals surface area contributed by atoms with E-state index in [1.165, 1.54) is 18.2 Å². The number of nitro benzene ring substituents is 1. The minimum Gasteiger partial charge on any atom is -0.416 e. The third-order valence-corrected chi connectivity index (χ3v) is 3.99. The van der Waals surface area contributed by atoms with Gasteiger partial charge in [0.1, 0.15) is 0 Å². The van der Waals surface area contributed by atoms with Crippen LogP contribution in [0.15, 0.2) is 32.3 Å². The molecular formula is C12H11BrN4O4S. The van der Waals surface area contributed by atoms with Crippen molar-refractivity contribution in [2.45, 2.75) is 18.6 Å². The topological polar surface area (TPSA) is 111 Å². The third-order valence-electron chi connectivity index (χ3n) is 2.52. The summed E-state index contributed by atoms with van der Waals surface area (Å²) in [5.41, 5.74) is 0.396. The Hall–Kier alpha value is -1.94. The number of aryl methyl sites for hydroxylation is 1. The molecule has 0 bridgehead atoms. The second kappa shape index (κ2) is 7.36. The number of carbonyl (C=O) groups is 1. The molecule has 1 aromatic carbocycles. The van der Waals surface area contributed by atoms with Crippen molar-refractivity contribution in [2.75, 3.05) is 11.1 Å². The van der Waals surface area contributed by atoms with Crippen LogP contribution in [0.1, 0.15) is 12.8 Å². The summed E-state index contributed by atoms with van der Waals surface area (Å²) in [6.45, 7) is 1.89. The number of anilines is 1. The Morgan fingerprint density at radius 3 is 2.86 bits per heavy atom. The van der Waals surface area contributed by atoms with Crippen molar-refractivity contribution in [2.24, 2.45) is 0 Å². The Balaban J connectivity index is 1.93. The fourth-order valence-corrected chi connectivity index (χ4v) is 2.52. The third kappa shape index (κ3) is 4.28. The highest BCUT2D eigenvalue weighted by Gasteiger charge is 2.13. The van der Waals surface area contributed by atoms with Crippen LogP contribution < -0.4 is 5.32 Å². The second-order valence-corrected chi connectivity index (χ2v) is 5.85. The van der Waals surface area contributed by atoms with Crippen LogP contribution in [0.4, 0.5) is 11.4 Å². The second-order valence-electron chi connectivity index (χ2n) is 4.07. The van der Waals surface area contributed by atoms with Gasteiger partial charge >= 0.3 is 0 Å². The number of hydrogen-bond acceptors (Lipinski definition) is 7. The molecule has 1 amide bonds. The van der Waals surface area contributed by atoms with E-state index in [4.69, 9.17) is 4.42 Å². The van der Waals surface area contributed by atoms with Gasteiger partial charge in [-0.1, -0.05) is 18.7 Å². The molecule has 0 unspecified atom stereocenters. The Kier molecular flexibility index (Phi) is 5.50. The summed E-state index contributed by atoms with van der Waals surface area (Å²) < 4.78 is 5.71. The normalized spacial score (nSPS) is 10.5. The quantitative estimate of drug-likeness (QED) is 0.461. The van der Waals surface area contributed by atoms with Gasteiger partial charge in [-0.05, 0) is 22.0 Å². The molecule has 10 heteroatoms. The standard InChI is InChI=1S/C12H11BrN4O4S/c1-2-11-15-16-12(21-11)22-6-10(18)14-9-4-3-7(17(19)20)5-8(9)13/h3-5H,2,6H2,1H3,(H,14,18). The summed E-state index contributed by atoms with van der Waals surface area (Å²) in [5, 5.41) is 21.2. The lowest BCUT2D eigenvalue weighted by molar-refractivity contribution is -0.384. The highest BCUT2D eigenvalue weighted by Crippen LogP contribution is 2.27. The van der Waals surface area contributed by atoms with E-state index >= 15 is 0 Å². The Bertz CT molecular complexity index is 706. The molecule has 0 saturated heterocycles. The summed E-state index contributed by atoms with van der Waals surface area (Å²) >= 11 is 4.31. The molecule has 2 aromatic rings. The number of nitrogens with zero attached hydrogens (tertiary/aromatic N) is 3. The first kappa shape index (κ1) is 16.4. The van der Waals surface area contributed by atoms with Gasteiger partial charge in [-0.25, -0.2) is 0 Å². The van der Waals surface area contributed by atoms with Gasteiger partial charge in [0.15, 0.2) is 0 Å². The number of aromatic nitrogens is 2. The molecule has 0 fully saturated rings. The lowest BCUT2D eigenvalue weighted by atomic mass is 10.3. The minimum absolute atomic E-state index is 0.0581. The first-order valence-corrected chi connectivity index (χ1v) is 7.96. The SMILES string of the molecule is CCc1nnc(SCC(=O)Nc2ccc([N+](=O)[O-])cc2Br)o1. The monoisotopic (exact) mass is 386 g/mol. The average molecular weight is 387 g/mol. The van der Waals surface area contributed by atoms with Crippen LogP contribution in [0.2, 0.25) is 0 Å². The number of carbonyl (C=O) groups excluding carboxylic acids is 1. The van der Waals surface area contributed by atoms with E-state index in [1.54, 1.807) is 0 Å². The first-order valence-electron chi connectivity index (χ1n) is 6.18. The van der Waals surface area contributed by atoms with Crippen LogP contribution in [0.5, 0.6) is 0 Å². The van der Waals surface area contributed by atoms with Gasteiger partial charge in [0.2, 0.25) is 11.8 Å². The first-order chi connectivity index (χ1) is 10.5. The number of amides is 1. The predicted molar refractivity (Wildman–Crippen MR) is 83.8 cm³/mol. The molecule has 0 saturated carbocycles. The summed E-state index contributed by atoms with van der Waals surface area (Å²) in [6.07, 6.45) is 0.634. The Morgan fingerprint density at radius 2 is 2.27 bits per heavy atom. The van der Waals surface area contributed by atoms with E-state index in [0.717, 1.165) is 11.8 Å². The van der Waals surface area contributed by atoms with Gasteiger partial charge in [0.25, 0.3) is 10.9 Å². The number of rotatable bonds is 6. The maximum absolute atomic E-state index is 11.9. The number of hydrogen-bond donors (Lipinski definition) is 1. The zero-order chi connectivity index (χ0) is 16.1. The molecule has 22 heavy (non-hydrogen) atoms. The van der Waals surface area contributed by atoms with Crippen molar-refractivity contribution in [3.05, 3.63) is 38.7 Å². The largest absolute Gasteiger partial charge is 0.416 e. The number of benzene rings is 1. The highest BCUT2D eigenvalue weighted by molar-refractivity contribution is 9.10. The molecule has 0 atom stereocenters. The minimum atomic E-state index is -0.507. The van der Waals surface area contributed by atoms with Crippen LogP contribution in [-0.2, 0) is 11.2 Å². The fraction of sp³-hybridized carbons (Fsp3) is 0.250. The number of halogens is 1. The molecule has 2 rings (SSSR count). The lowest BCUT2D eigenvalue weighted by Crippen LogP contribution is -2.14. The summed E-state index contributed by atoms with van der Waals surface area (Å²) in [7, 11) is 0. The lowest BCUT2D eigenvalue weighted by Gasteiger charge is -2.06. The van der Waals surface area contributed by atoms with Gasteiger partial charge in [-0.3, -0.25) is 14.9 Å². The molecule has 1 heterocycles. The molecule has 116 valence electrons. The zero-order valence-electron chi connectivity index (χ0n) is 11.4. The van der Waals surface area contributed by atoms with Crippen LogP contribution in [0.3, 0.4) is 0 Å². The summed E-state index contributed by atoms with van der Waals surface area (Å²) in [6, 6.07) is 4.11. The number of non-ortho nitro benzene ring substituents is 1. The molecule has 0 spiro atoms. The van der Waals surface area contributed by atoms with E-state index in [0.29, 0.717) is 27.7 Å². The van der Waals surface area contributed by atoms with E-state index in [9.17, 15) is 14.9 Å². The number of thioether (sulfide) groups is 1. The fourth-order valence-electron chi connectivity index (χ4n) is 1.47. The molecule has 1 aromatic heterocycles. The van der Waals surface area contributed by atoms with Crippen LogP contribution in [-0.4, -0.2) is 26.8 Å². The van der Waals surface area contributed by atoms with Crippen molar-refractivity contribution in [3.8, 4) is 0 Å². The van der Waals surface area contributed by atoms with Gasteiger partial charge in [0, 0.05) is 23.0 Å². The van der Waals surface area contributed by atoms with E-state index < -0.39 is 4.92 Å². The molecule has 8 nitrogen and oxygen atoms in total. The highest BCUT2D eigenvalue weighted by atomic mass is 79.9. The van der Waals surface area contributed by atoms with E-state index in [1.807, 2.05) is 6.92 Å². The Labute approximate surface area is 138 Å². The van der Waals surface area contributed by atoms with Gasteiger partial charge in [-0.15, -0.1) is 10.2 Å². The van der Waals surface area contributed by atoms with Crippen molar-refractivity contribution in [1.82, 2.24) is 10.2 Å². The number of nitrogens with one attached hydrogen (secondary N) is 1.